The Morgan fingerprint density at radius 3 is 1.12 bits per heavy atom. The van der Waals surface area contributed by atoms with Gasteiger partial charge in [0.05, 0.1) is 12.7 Å². The van der Waals surface area contributed by atoms with E-state index in [2.05, 4.69) is 65.8 Å². The highest BCUT2D eigenvalue weighted by atomic mass is 16.6. The summed E-state index contributed by atoms with van der Waals surface area (Å²) in [5, 5.41) is 0. The van der Waals surface area contributed by atoms with Gasteiger partial charge in [0, 0.05) is 19.4 Å². The lowest BCUT2D eigenvalue weighted by Gasteiger charge is -2.27. The second-order valence-electron chi connectivity index (χ2n) is 23.0. The van der Waals surface area contributed by atoms with E-state index in [1.54, 1.807) is 0 Å². The highest BCUT2D eigenvalue weighted by Crippen LogP contribution is 2.33. The molecule has 0 N–H and O–H groups in total. The second kappa shape index (κ2) is 57.1. The van der Waals surface area contributed by atoms with Gasteiger partial charge in [-0.1, -0.05) is 271 Å². The van der Waals surface area contributed by atoms with Crippen LogP contribution in [0.25, 0.3) is 0 Å². The Morgan fingerprint density at radius 2 is 0.694 bits per heavy atom. The average molecular weight is 1010 g/mol. The molecule has 426 valence electrons. The standard InChI is InChI=1S/C67H128O5/c1-8-13-17-21-25-27-30-34-42-50-61(6)58-70-62(7)59-71-66(68)56-48-40-32-38-46-54-64(52-44-36-28-23-19-15-10-3)65(53-45-37-29-24-20-16-11-4)55-47-39-33-41-49-57-67(69)72-60-63(12-5)51-43-35-31-26-22-18-14-9-2/h28-29,36-37,61-65H,8-27,30-35,38-60H2,1-7H3/b36-28+,37-29+. The van der Waals surface area contributed by atoms with Crippen LogP contribution in [0.5, 0.6) is 0 Å². The van der Waals surface area contributed by atoms with Crippen molar-refractivity contribution < 1.29 is 23.8 Å². The Bertz CT molecular complexity index is 1160. The summed E-state index contributed by atoms with van der Waals surface area (Å²) in [4.78, 5) is 25.3. The van der Waals surface area contributed by atoms with Crippen molar-refractivity contribution in [2.75, 3.05) is 19.8 Å². The van der Waals surface area contributed by atoms with E-state index in [1.165, 1.54) is 250 Å². The number of ether oxygens (including phenoxy) is 3. The van der Waals surface area contributed by atoms with Crippen LogP contribution in [0.3, 0.4) is 0 Å². The molecule has 0 fully saturated rings. The molecular weight excluding hydrogens is 885 g/mol. The number of hydrogen-bond donors (Lipinski definition) is 0. The van der Waals surface area contributed by atoms with E-state index < -0.39 is 0 Å². The Labute approximate surface area is 451 Å². The van der Waals surface area contributed by atoms with Crippen LogP contribution >= 0.6 is 0 Å². The van der Waals surface area contributed by atoms with Gasteiger partial charge < -0.3 is 14.2 Å². The van der Waals surface area contributed by atoms with Gasteiger partial charge in [0.2, 0.25) is 0 Å². The summed E-state index contributed by atoms with van der Waals surface area (Å²) in [6.07, 6.45) is 67.2. The molecule has 0 aliphatic rings. The minimum absolute atomic E-state index is 0.0162. The van der Waals surface area contributed by atoms with E-state index in [-0.39, 0.29) is 18.0 Å². The smallest absolute Gasteiger partial charge is 0.305 e. The number of rotatable bonds is 58. The maximum atomic E-state index is 12.7. The average Bonchev–Trinajstić information content (AvgIpc) is 3.38. The number of unbranched alkanes of at least 4 members (excludes halogenated alkanes) is 29. The highest BCUT2D eigenvalue weighted by molar-refractivity contribution is 5.69. The first-order chi connectivity index (χ1) is 35.3. The molecule has 0 aromatic rings. The molecule has 0 aliphatic heterocycles. The number of allylic oxidation sites excluding steroid dienone is 4. The molecule has 0 amide bonds. The van der Waals surface area contributed by atoms with Crippen LogP contribution in [-0.4, -0.2) is 37.9 Å². The fourth-order valence-electron chi connectivity index (χ4n) is 10.6. The van der Waals surface area contributed by atoms with Gasteiger partial charge in [0.1, 0.15) is 6.61 Å². The summed E-state index contributed by atoms with van der Waals surface area (Å²) >= 11 is 0. The minimum atomic E-state index is -0.0688. The predicted octanol–water partition coefficient (Wildman–Crippen LogP) is 22.1. The van der Waals surface area contributed by atoms with Crippen LogP contribution < -0.4 is 0 Å². The highest BCUT2D eigenvalue weighted by Gasteiger charge is 2.20. The summed E-state index contributed by atoms with van der Waals surface area (Å²) in [6, 6.07) is 0. The van der Waals surface area contributed by atoms with E-state index in [4.69, 9.17) is 14.2 Å². The summed E-state index contributed by atoms with van der Waals surface area (Å²) in [7, 11) is 0. The third kappa shape index (κ3) is 50.5. The fourth-order valence-corrected chi connectivity index (χ4v) is 10.6. The zero-order valence-electron chi connectivity index (χ0n) is 49.9. The second-order valence-corrected chi connectivity index (χ2v) is 23.0. The van der Waals surface area contributed by atoms with Crippen LogP contribution in [0.1, 0.15) is 344 Å². The van der Waals surface area contributed by atoms with E-state index in [1.807, 2.05) is 6.92 Å². The molecule has 72 heavy (non-hydrogen) atoms. The van der Waals surface area contributed by atoms with Gasteiger partial charge in [-0.3, -0.25) is 9.59 Å². The molecule has 5 heteroatoms. The Balaban J connectivity index is 4.82. The molecule has 0 aromatic heterocycles. The topological polar surface area (TPSA) is 61.8 Å². The molecule has 5 unspecified atom stereocenters. The van der Waals surface area contributed by atoms with E-state index in [9.17, 15) is 9.59 Å². The van der Waals surface area contributed by atoms with Gasteiger partial charge in [-0.15, -0.1) is 0 Å². The maximum absolute atomic E-state index is 12.7. The zero-order chi connectivity index (χ0) is 52.6. The summed E-state index contributed by atoms with van der Waals surface area (Å²) in [6.45, 7) is 17.5. The van der Waals surface area contributed by atoms with E-state index in [0.29, 0.717) is 37.9 Å². The van der Waals surface area contributed by atoms with Gasteiger partial charge in [-0.05, 0) is 108 Å². The summed E-state index contributed by atoms with van der Waals surface area (Å²) in [5.74, 6) is 2.56. The van der Waals surface area contributed by atoms with Crippen LogP contribution in [0.4, 0.5) is 0 Å². The van der Waals surface area contributed by atoms with Crippen molar-refractivity contribution in [1.29, 1.82) is 0 Å². The van der Waals surface area contributed by atoms with Gasteiger partial charge >= 0.3 is 11.9 Å². The van der Waals surface area contributed by atoms with E-state index >= 15 is 0 Å². The fraction of sp³-hybridized carbons (Fsp3) is 0.910. The number of hydrogen-bond acceptors (Lipinski definition) is 5. The lowest BCUT2D eigenvalue weighted by atomic mass is 9.78. The Kier molecular flexibility index (Phi) is 55.8. The quantitative estimate of drug-likeness (QED) is 0.0345. The largest absolute Gasteiger partial charge is 0.465 e. The van der Waals surface area contributed by atoms with Crippen LogP contribution in [0.15, 0.2) is 24.3 Å². The molecule has 5 atom stereocenters. The normalized spacial score (nSPS) is 14.0. The number of esters is 2. The van der Waals surface area contributed by atoms with Crippen molar-refractivity contribution >= 4 is 11.9 Å². The van der Waals surface area contributed by atoms with Gasteiger partial charge in [-0.25, -0.2) is 0 Å². The maximum Gasteiger partial charge on any atom is 0.305 e. The van der Waals surface area contributed by atoms with Crippen molar-refractivity contribution in [3.8, 4) is 0 Å². The molecule has 0 saturated carbocycles. The Morgan fingerprint density at radius 1 is 0.347 bits per heavy atom. The first-order valence-electron chi connectivity index (χ1n) is 32.5. The molecule has 0 radical (unpaired) electrons. The lowest BCUT2D eigenvalue weighted by Crippen LogP contribution is -2.21. The molecule has 0 saturated heterocycles. The van der Waals surface area contributed by atoms with Crippen molar-refractivity contribution in [3.05, 3.63) is 24.3 Å². The van der Waals surface area contributed by atoms with Crippen LogP contribution in [0, 0.1) is 23.7 Å². The molecule has 0 aromatic carbocycles. The Hall–Kier alpha value is -1.62. The van der Waals surface area contributed by atoms with Crippen LogP contribution in [-0.2, 0) is 23.8 Å². The van der Waals surface area contributed by atoms with E-state index in [0.717, 1.165) is 50.5 Å². The van der Waals surface area contributed by atoms with Gasteiger partial charge in [0.15, 0.2) is 0 Å². The van der Waals surface area contributed by atoms with Crippen molar-refractivity contribution in [3.63, 3.8) is 0 Å². The monoisotopic (exact) mass is 1010 g/mol. The van der Waals surface area contributed by atoms with Crippen molar-refractivity contribution in [1.82, 2.24) is 0 Å². The van der Waals surface area contributed by atoms with Crippen molar-refractivity contribution in [2.24, 2.45) is 23.7 Å². The lowest BCUT2D eigenvalue weighted by molar-refractivity contribution is -0.148. The molecule has 0 rings (SSSR count). The molecule has 5 nitrogen and oxygen atoms in total. The SMILES string of the molecule is CCCCC/C=C/CCC(CCCCCCCC(=O)OCC(CC)CCCCCCCCCC)C(CC/C=C/CCCCC)CCCCCCCC(=O)OCC(C)OCC(C)CCCCCCCCCCC. The summed E-state index contributed by atoms with van der Waals surface area (Å²) in [5.41, 5.74) is 0. The number of carbonyl (C=O) groups excluding carboxylic acids is 2. The molecule has 0 spiro atoms. The predicted molar refractivity (Wildman–Crippen MR) is 316 cm³/mol. The summed E-state index contributed by atoms with van der Waals surface area (Å²) < 4.78 is 17.5. The molecule has 0 bridgehead atoms. The molecular formula is C67H128O5. The first-order valence-corrected chi connectivity index (χ1v) is 32.5. The minimum Gasteiger partial charge on any atom is -0.465 e. The molecule has 0 aliphatic carbocycles. The molecule has 0 heterocycles. The third-order valence-corrected chi connectivity index (χ3v) is 15.7. The van der Waals surface area contributed by atoms with Crippen LogP contribution in [0.2, 0.25) is 0 Å². The first kappa shape index (κ1) is 70.4. The third-order valence-electron chi connectivity index (χ3n) is 15.7. The number of carbonyl (C=O) groups is 2. The van der Waals surface area contributed by atoms with Gasteiger partial charge in [-0.2, -0.15) is 0 Å². The van der Waals surface area contributed by atoms with Crippen molar-refractivity contribution in [2.45, 2.75) is 350 Å². The van der Waals surface area contributed by atoms with Gasteiger partial charge in [0.25, 0.3) is 0 Å². The zero-order valence-corrected chi connectivity index (χ0v) is 49.9.